The molecule has 0 aromatic heterocycles. The molecule has 0 atom stereocenters. The maximum Gasteiger partial charge on any atom is 0.286 e. The van der Waals surface area contributed by atoms with E-state index in [0.29, 0.717) is 29.4 Å². The second-order valence-electron chi connectivity index (χ2n) is 5.44. The Balaban J connectivity index is 2.39. The lowest BCUT2D eigenvalue weighted by atomic mass is 10.0. The number of allylic oxidation sites excluding steroid dienone is 1. The molecule has 1 aromatic carbocycles. The molecule has 0 bridgehead atoms. The maximum absolute atomic E-state index is 12.1. The van der Waals surface area contributed by atoms with Gasteiger partial charge in [0.2, 0.25) is 5.91 Å². The van der Waals surface area contributed by atoms with Crippen LogP contribution in [-0.4, -0.2) is 30.2 Å². The lowest BCUT2D eigenvalue weighted by Gasteiger charge is -2.15. The second kappa shape index (κ2) is 9.64. The number of carbonyl (C=O) groups excluding carboxylic acids is 2. The van der Waals surface area contributed by atoms with E-state index in [4.69, 9.17) is 15.9 Å². The van der Waals surface area contributed by atoms with E-state index in [-0.39, 0.29) is 17.7 Å². The van der Waals surface area contributed by atoms with Crippen LogP contribution in [0.25, 0.3) is 6.08 Å². The third-order valence-electron chi connectivity index (χ3n) is 3.32. The van der Waals surface area contributed by atoms with Crippen molar-refractivity contribution in [2.45, 2.75) is 20.3 Å². The summed E-state index contributed by atoms with van der Waals surface area (Å²) in [7, 11) is 0. The van der Waals surface area contributed by atoms with E-state index in [1.165, 1.54) is 6.92 Å². The van der Waals surface area contributed by atoms with E-state index in [0.717, 1.165) is 22.9 Å². The zero-order valence-electron chi connectivity index (χ0n) is 15.2. The molecule has 140 valence electrons. The first-order valence-electron chi connectivity index (χ1n) is 8.25. The average molecular weight is 384 g/mol. The van der Waals surface area contributed by atoms with Crippen molar-refractivity contribution in [3.8, 4) is 23.8 Å². The largest absolute Gasteiger partial charge is 0.490 e. The molecule has 0 fully saturated rings. The van der Waals surface area contributed by atoms with E-state index >= 15 is 0 Å². The van der Waals surface area contributed by atoms with Gasteiger partial charge in [0.25, 0.3) is 5.91 Å². The summed E-state index contributed by atoms with van der Waals surface area (Å²) in [5, 5.41) is 2.79. The summed E-state index contributed by atoms with van der Waals surface area (Å²) in [6.45, 7) is 7.56. The van der Waals surface area contributed by atoms with Crippen molar-refractivity contribution in [1.82, 2.24) is 5.32 Å². The van der Waals surface area contributed by atoms with E-state index in [2.05, 4.69) is 22.8 Å². The Morgan fingerprint density at radius 3 is 2.85 bits per heavy atom. The van der Waals surface area contributed by atoms with Crippen LogP contribution in [-0.2, 0) is 16.0 Å². The van der Waals surface area contributed by atoms with Gasteiger partial charge in [-0.2, -0.15) is 4.99 Å². The molecule has 0 saturated heterocycles. The molecule has 1 aliphatic heterocycles. The topological polar surface area (TPSA) is 77.0 Å². The van der Waals surface area contributed by atoms with Crippen molar-refractivity contribution in [1.29, 1.82) is 0 Å². The first-order valence-corrected chi connectivity index (χ1v) is 9.07. The third-order valence-corrected chi connectivity index (χ3v) is 4.22. The molecule has 6 nitrogen and oxygen atoms in total. The zero-order valence-corrected chi connectivity index (χ0v) is 16.0. The molecule has 0 spiro atoms. The molecule has 2 amide bonds. The predicted octanol–water partition coefficient (Wildman–Crippen LogP) is 2.93. The number of aliphatic imine (C=N–C) groups is 1. The lowest BCUT2D eigenvalue weighted by molar-refractivity contribution is -0.117. The Hall–Kier alpha value is -2.98. The van der Waals surface area contributed by atoms with Gasteiger partial charge in [0.05, 0.1) is 11.5 Å². The van der Waals surface area contributed by atoms with Crippen molar-refractivity contribution < 1.29 is 19.1 Å². The van der Waals surface area contributed by atoms with Gasteiger partial charge in [-0.25, -0.2) is 0 Å². The van der Waals surface area contributed by atoms with Crippen LogP contribution in [0.5, 0.6) is 11.5 Å². The highest BCUT2D eigenvalue weighted by Gasteiger charge is 2.23. The van der Waals surface area contributed by atoms with Gasteiger partial charge in [0, 0.05) is 12.5 Å². The van der Waals surface area contributed by atoms with Gasteiger partial charge in [-0.3, -0.25) is 9.59 Å². The maximum atomic E-state index is 12.1. The number of nitrogens with zero attached hydrogens (tertiary/aromatic N) is 1. The molecule has 1 aliphatic rings. The van der Waals surface area contributed by atoms with E-state index < -0.39 is 5.91 Å². The standard InChI is InChI=1S/C20H20N2O4S/c1-5-8-15-10-14(11-16(25-7-3)18(15)26-9-6-2)12-17-19(24)22-20(27-17)21-13(4)23/h2,5,10-12H,1,7-9H2,3-4H3,(H,21,22,23,24)/b17-12+. The number of amidine groups is 1. The predicted molar refractivity (Wildman–Crippen MR) is 108 cm³/mol. The molecular formula is C20H20N2O4S. The third kappa shape index (κ3) is 5.50. The van der Waals surface area contributed by atoms with Gasteiger partial charge in [-0.05, 0) is 48.9 Å². The Bertz CT molecular complexity index is 865. The summed E-state index contributed by atoms with van der Waals surface area (Å²) < 4.78 is 11.3. The Morgan fingerprint density at radius 1 is 1.44 bits per heavy atom. The summed E-state index contributed by atoms with van der Waals surface area (Å²) >= 11 is 1.11. The number of amides is 2. The Kier molecular flexibility index (Phi) is 7.26. The molecule has 1 heterocycles. The molecular weight excluding hydrogens is 364 g/mol. The molecule has 0 saturated carbocycles. The number of rotatable bonds is 7. The first kappa shape index (κ1) is 20.3. The SMILES string of the molecule is C#CCOc1c(CC=C)cc(/C=C2/SC(NC(C)=O)=NC2=O)cc1OCC. The molecule has 0 aliphatic carbocycles. The number of benzene rings is 1. The summed E-state index contributed by atoms with van der Waals surface area (Å²) in [6, 6.07) is 3.66. The van der Waals surface area contributed by atoms with Crippen LogP contribution in [0, 0.1) is 12.3 Å². The van der Waals surface area contributed by atoms with Gasteiger partial charge >= 0.3 is 0 Å². The second-order valence-corrected chi connectivity index (χ2v) is 6.47. The number of nitrogens with one attached hydrogen (secondary N) is 1. The van der Waals surface area contributed by atoms with Crippen molar-refractivity contribution in [3.63, 3.8) is 0 Å². The summed E-state index contributed by atoms with van der Waals surface area (Å²) in [5.74, 6) is 2.86. The number of terminal acetylenes is 1. The van der Waals surface area contributed by atoms with Crippen LogP contribution < -0.4 is 14.8 Å². The lowest BCUT2D eigenvalue weighted by Crippen LogP contribution is -2.23. The molecule has 7 heteroatoms. The number of hydrogen-bond donors (Lipinski definition) is 1. The number of thioether (sulfide) groups is 1. The van der Waals surface area contributed by atoms with E-state index in [9.17, 15) is 9.59 Å². The van der Waals surface area contributed by atoms with Gasteiger partial charge in [-0.15, -0.1) is 13.0 Å². The van der Waals surface area contributed by atoms with Gasteiger partial charge in [-0.1, -0.05) is 12.0 Å². The monoisotopic (exact) mass is 384 g/mol. The molecule has 1 aromatic rings. The average Bonchev–Trinajstić information content (AvgIpc) is 2.93. The highest BCUT2D eigenvalue weighted by Crippen LogP contribution is 2.36. The Morgan fingerprint density at radius 2 is 2.22 bits per heavy atom. The fourth-order valence-corrected chi connectivity index (χ4v) is 3.24. The molecule has 0 unspecified atom stereocenters. The van der Waals surface area contributed by atoms with Crippen molar-refractivity contribution in [2.24, 2.45) is 4.99 Å². The Labute approximate surface area is 162 Å². The van der Waals surface area contributed by atoms with Gasteiger partial charge in [0.1, 0.15) is 6.61 Å². The first-order chi connectivity index (χ1) is 13.0. The number of ether oxygens (including phenoxy) is 2. The van der Waals surface area contributed by atoms with Crippen LogP contribution in [0.3, 0.4) is 0 Å². The fourth-order valence-electron chi connectivity index (χ4n) is 2.38. The summed E-state index contributed by atoms with van der Waals surface area (Å²) in [4.78, 5) is 27.5. The normalized spacial score (nSPS) is 14.5. The molecule has 1 N–H and O–H groups in total. The zero-order chi connectivity index (χ0) is 19.8. The summed E-state index contributed by atoms with van der Waals surface area (Å²) in [6.07, 6.45) is 9.29. The van der Waals surface area contributed by atoms with Crippen molar-refractivity contribution in [3.05, 3.63) is 40.8 Å². The number of hydrogen-bond acceptors (Lipinski definition) is 5. The summed E-state index contributed by atoms with van der Waals surface area (Å²) in [5.41, 5.74) is 1.59. The van der Waals surface area contributed by atoms with Crippen LogP contribution in [0.2, 0.25) is 0 Å². The minimum Gasteiger partial charge on any atom is -0.490 e. The van der Waals surface area contributed by atoms with Crippen LogP contribution in [0.4, 0.5) is 0 Å². The minimum atomic E-state index is -0.403. The molecule has 0 radical (unpaired) electrons. The molecule has 27 heavy (non-hydrogen) atoms. The van der Waals surface area contributed by atoms with Crippen LogP contribution in [0.15, 0.2) is 34.7 Å². The highest BCUT2D eigenvalue weighted by atomic mass is 32.2. The molecule has 2 rings (SSSR count). The van der Waals surface area contributed by atoms with Gasteiger partial charge in [0.15, 0.2) is 16.7 Å². The van der Waals surface area contributed by atoms with Crippen molar-refractivity contribution in [2.75, 3.05) is 13.2 Å². The number of carbonyl (C=O) groups is 2. The van der Waals surface area contributed by atoms with Crippen molar-refractivity contribution >= 4 is 34.8 Å². The van der Waals surface area contributed by atoms with E-state index in [1.54, 1.807) is 18.2 Å². The quantitative estimate of drug-likeness (QED) is 0.444. The smallest absolute Gasteiger partial charge is 0.286 e. The fraction of sp³-hybridized carbons (Fsp3) is 0.250. The van der Waals surface area contributed by atoms with Crippen LogP contribution >= 0.6 is 11.8 Å². The van der Waals surface area contributed by atoms with Crippen LogP contribution in [0.1, 0.15) is 25.0 Å². The highest BCUT2D eigenvalue weighted by molar-refractivity contribution is 8.18. The van der Waals surface area contributed by atoms with E-state index in [1.807, 2.05) is 13.0 Å². The van der Waals surface area contributed by atoms with Gasteiger partial charge < -0.3 is 14.8 Å². The minimum absolute atomic E-state index is 0.118.